The van der Waals surface area contributed by atoms with Gasteiger partial charge in [-0.2, -0.15) is 13.2 Å². The van der Waals surface area contributed by atoms with Gasteiger partial charge in [-0.1, -0.05) is 38.1 Å². The predicted molar refractivity (Wildman–Crippen MR) is 207 cm³/mol. The predicted octanol–water partition coefficient (Wildman–Crippen LogP) is 5.63. The van der Waals surface area contributed by atoms with Crippen LogP contribution in [-0.2, 0) is 40.5 Å². The average Bonchev–Trinajstić information content (AvgIpc) is 4.07. The summed E-state index contributed by atoms with van der Waals surface area (Å²) in [7, 11) is -4.14. The zero-order chi connectivity index (χ0) is 47.6. The van der Waals surface area contributed by atoms with Gasteiger partial charge < -0.3 is 14.4 Å². The van der Waals surface area contributed by atoms with E-state index in [1.807, 2.05) is 6.92 Å². The van der Waals surface area contributed by atoms with Gasteiger partial charge in [0.05, 0.1) is 45.9 Å². The largest absolute Gasteiger partial charge is 0.471 e. The third kappa shape index (κ3) is 8.55. The van der Waals surface area contributed by atoms with Gasteiger partial charge >= 0.3 is 12.1 Å². The van der Waals surface area contributed by atoms with Crippen LogP contribution in [0, 0.1) is 29.1 Å². The Morgan fingerprint density at radius 2 is 1.78 bits per heavy atom. The molecule has 6 rings (SSSR count). The highest BCUT2D eigenvalue weighted by molar-refractivity contribution is 7.91. The van der Waals surface area contributed by atoms with Gasteiger partial charge in [-0.3, -0.25) is 28.7 Å². The number of carbonyl (C=O) groups excluding carboxylic acids is 4. The van der Waals surface area contributed by atoms with Crippen LogP contribution < -0.4 is 15.0 Å². The van der Waals surface area contributed by atoms with Crippen LogP contribution in [-0.4, -0.2) is 81.9 Å². The Balaban J connectivity index is 1.41. The molecule has 1 aromatic carbocycles. The molecule has 58 heavy (non-hydrogen) atoms. The maximum Gasteiger partial charge on any atom is 0.427 e. The van der Waals surface area contributed by atoms with Gasteiger partial charge in [0.1, 0.15) is 6.10 Å². The molecule has 2 aromatic rings. The van der Waals surface area contributed by atoms with Crippen molar-refractivity contribution in [2.24, 2.45) is 29.1 Å². The summed E-state index contributed by atoms with van der Waals surface area (Å²) in [5.74, 6) is -7.66. The number of aromatic nitrogens is 2. The number of Topliss-reactive ketones (excluding diaryl/α,β-unsaturated/α-hetero) is 1. The lowest BCUT2D eigenvalue weighted by atomic mass is 9.82. The summed E-state index contributed by atoms with van der Waals surface area (Å²) < 4.78 is 129. The lowest BCUT2D eigenvalue weighted by Crippen LogP contribution is -2.48. The molecule has 2 aliphatic carbocycles. The summed E-state index contributed by atoms with van der Waals surface area (Å²) >= 11 is 0. The number of alkyl halides is 3. The van der Waals surface area contributed by atoms with Crippen molar-refractivity contribution in [1.82, 2.24) is 19.4 Å². The van der Waals surface area contributed by atoms with E-state index in [-0.39, 0.29) is 49.5 Å². The number of amides is 2. The Labute approximate surface area is 344 Å². The topological polar surface area (TPSA) is 171 Å². The first-order valence-corrected chi connectivity index (χ1v) is 21.0. The maximum absolute atomic E-state index is 15.0. The number of aryl methyl sites for hydroxylation is 1. The highest BCUT2D eigenvalue weighted by atomic mass is 32.2. The fourth-order valence-electron chi connectivity index (χ4n) is 8.20. The number of ether oxygens (including phenoxy) is 2. The molecular formula is C41H53F3N4O9S. The molecule has 0 radical (unpaired) electrons. The number of nitrogens with one attached hydrogen (secondary N) is 1. The van der Waals surface area contributed by atoms with Crippen LogP contribution in [0.3, 0.4) is 0 Å². The van der Waals surface area contributed by atoms with Gasteiger partial charge in [-0.25, -0.2) is 13.1 Å². The van der Waals surface area contributed by atoms with Gasteiger partial charge in [0.2, 0.25) is 33.3 Å². The number of carbonyl (C=O) groups is 4. The molecule has 1 N–H and O–H groups in total. The van der Waals surface area contributed by atoms with E-state index in [0.29, 0.717) is 31.1 Å². The maximum atomic E-state index is 15.0. The summed E-state index contributed by atoms with van der Waals surface area (Å²) in [6, 6.07) is 5.02. The SMILES string of the molecule is [2H]C([2H])([2H])C(OC(=O)C[C@@H]1C(=O)N2C[C@H](Oc3nn(CC)c(=O)c4ccccc34)C[C@H]2C(=O)C[C@]2(C(=O)NS(=O)(=O)C3(C)CC3)C[C@H]2/C=C\CC[C@H](C)C[C@H]1C)(C([2H])([2H])[2H])C(F)(F)F. The number of nitrogens with zero attached hydrogens (tertiary/aromatic N) is 3. The fourth-order valence-corrected chi connectivity index (χ4v) is 9.53. The second kappa shape index (κ2) is 15.7. The van der Waals surface area contributed by atoms with E-state index in [4.69, 9.17) is 13.0 Å². The van der Waals surface area contributed by atoms with Crippen LogP contribution in [0.5, 0.6) is 5.88 Å². The van der Waals surface area contributed by atoms with E-state index in [1.54, 1.807) is 50.3 Å². The molecule has 0 bridgehead atoms. The molecule has 3 heterocycles. The molecule has 2 saturated carbocycles. The molecule has 3 fully saturated rings. The summed E-state index contributed by atoms with van der Waals surface area (Å²) in [5, 5.41) is 4.94. The molecule has 1 saturated heterocycles. The number of rotatable bonds is 9. The number of ketones is 1. The van der Waals surface area contributed by atoms with Crippen molar-refractivity contribution >= 4 is 44.4 Å². The minimum absolute atomic E-state index is 0.0214. The summed E-state index contributed by atoms with van der Waals surface area (Å²) in [6.45, 7) is -2.53. The van der Waals surface area contributed by atoms with E-state index in [9.17, 15) is 40.8 Å². The van der Waals surface area contributed by atoms with Gasteiger partial charge in [-0.05, 0) is 96.0 Å². The van der Waals surface area contributed by atoms with Crippen LogP contribution in [0.1, 0.15) is 107 Å². The Morgan fingerprint density at radius 3 is 2.41 bits per heavy atom. The Bertz CT molecular complexity index is 2350. The number of allylic oxidation sites excluding steroid dienone is 2. The Kier molecular flexibility index (Phi) is 9.66. The molecule has 318 valence electrons. The first kappa shape index (κ1) is 35.6. The minimum Gasteiger partial charge on any atom is -0.471 e. The number of esters is 1. The van der Waals surface area contributed by atoms with E-state index in [2.05, 4.69) is 14.6 Å². The van der Waals surface area contributed by atoms with E-state index in [1.165, 1.54) is 6.92 Å². The van der Waals surface area contributed by atoms with Crippen LogP contribution in [0.15, 0.2) is 41.2 Å². The third-order valence-corrected chi connectivity index (χ3v) is 14.4. The molecule has 2 amide bonds. The monoisotopic (exact) mass is 840 g/mol. The zero-order valence-electron chi connectivity index (χ0n) is 38.8. The smallest absolute Gasteiger partial charge is 0.427 e. The summed E-state index contributed by atoms with van der Waals surface area (Å²) in [6.07, 6.45) is -3.68. The lowest BCUT2D eigenvalue weighted by molar-refractivity contribution is -0.257. The number of benzene rings is 1. The Hall–Kier alpha value is -4.28. The van der Waals surface area contributed by atoms with Gasteiger partial charge in [-0.15, -0.1) is 5.10 Å². The van der Waals surface area contributed by atoms with Crippen molar-refractivity contribution < 1.29 is 58.5 Å². The highest BCUT2D eigenvalue weighted by Gasteiger charge is 2.63. The first-order valence-electron chi connectivity index (χ1n) is 22.5. The quantitative estimate of drug-likeness (QED) is 0.247. The van der Waals surface area contributed by atoms with Crippen LogP contribution in [0.25, 0.3) is 10.8 Å². The van der Waals surface area contributed by atoms with Crippen LogP contribution in [0.4, 0.5) is 13.2 Å². The number of sulfonamides is 1. The number of halogens is 3. The van der Waals surface area contributed by atoms with Crippen LogP contribution >= 0.6 is 0 Å². The molecule has 7 atom stereocenters. The minimum atomic E-state index is -6.12. The standard InChI is InChI=1S/C41H53F3N4O9S/c1-7-48-36(52)29-15-11-10-14-28(29)34(45-48)56-27-19-31-32(49)22-40(37(53)46-58(54,55)39(6)16-17-39)21-26(40)13-9-8-12-24(2)18-25(3)30(35(51)47(31)23-27)20-33(50)57-38(4,5)41(42,43)44/h9-11,13-15,24-27,30-31H,7-8,12,16-23H2,1-6H3,(H,46,53)/b13-9-/t24-,25+,26+,27+,30-,31-,40+/m0/s1/i4D3,5D3. The van der Waals surface area contributed by atoms with Gasteiger partial charge in [0.25, 0.3) is 5.56 Å². The van der Waals surface area contributed by atoms with Crippen LogP contribution in [0.2, 0.25) is 0 Å². The van der Waals surface area contributed by atoms with Crippen molar-refractivity contribution in [1.29, 1.82) is 0 Å². The van der Waals surface area contributed by atoms with E-state index < -0.39 is 118 Å². The molecule has 1 aromatic heterocycles. The van der Waals surface area contributed by atoms with Crippen molar-refractivity contribution in [2.45, 2.75) is 134 Å². The molecule has 2 aliphatic heterocycles. The molecular weight excluding hydrogens is 782 g/mol. The molecule has 17 heteroatoms. The summed E-state index contributed by atoms with van der Waals surface area (Å²) in [5.41, 5.74) is -6.89. The lowest BCUT2D eigenvalue weighted by Gasteiger charge is -2.33. The Morgan fingerprint density at radius 1 is 1.09 bits per heavy atom. The number of hydrogen-bond donors (Lipinski definition) is 1. The van der Waals surface area contributed by atoms with Gasteiger partial charge in [0.15, 0.2) is 5.78 Å². The van der Waals surface area contributed by atoms with E-state index in [0.717, 1.165) is 9.58 Å². The van der Waals surface area contributed by atoms with Crippen molar-refractivity contribution in [3.8, 4) is 5.88 Å². The average molecular weight is 841 g/mol. The van der Waals surface area contributed by atoms with Crippen molar-refractivity contribution in [3.63, 3.8) is 0 Å². The normalized spacial score (nSPS) is 31.7. The third-order valence-electron chi connectivity index (χ3n) is 12.3. The fraction of sp³-hybridized carbons (Fsp3) is 0.659. The van der Waals surface area contributed by atoms with Crippen molar-refractivity contribution in [2.75, 3.05) is 6.54 Å². The van der Waals surface area contributed by atoms with E-state index >= 15 is 4.79 Å². The number of fused-ring (bicyclic) bond motifs is 3. The first-order chi connectivity index (χ1) is 29.5. The second-order valence-electron chi connectivity index (χ2n) is 16.7. The summed E-state index contributed by atoms with van der Waals surface area (Å²) in [4.78, 5) is 71.6. The van der Waals surface area contributed by atoms with Gasteiger partial charge in [0, 0.05) is 27.6 Å². The zero-order valence-corrected chi connectivity index (χ0v) is 33.6. The molecule has 4 aliphatic rings. The molecule has 0 unspecified atom stereocenters. The van der Waals surface area contributed by atoms with Crippen molar-refractivity contribution in [3.05, 3.63) is 46.8 Å². The molecule has 0 spiro atoms. The number of hydrogen-bond acceptors (Lipinski definition) is 10. The molecule has 13 nitrogen and oxygen atoms in total. The highest BCUT2D eigenvalue weighted by Crippen LogP contribution is 2.58. The second-order valence-corrected chi connectivity index (χ2v) is 18.9.